The standard InChI is InChI=1S/C20H22O/c1-3-18(16-11-13-17(14-12-16)21-4-2)20-10-6-8-15-7-5-9-19(15)20/h5-6,8-14,18H,3-4,7H2,1-2H3. The molecule has 0 aliphatic heterocycles. The third-order valence-corrected chi connectivity index (χ3v) is 4.23. The van der Waals surface area contributed by atoms with Crippen LogP contribution >= 0.6 is 0 Å². The van der Waals surface area contributed by atoms with Crippen LogP contribution in [0.2, 0.25) is 0 Å². The molecule has 0 amide bonds. The Morgan fingerprint density at radius 3 is 2.57 bits per heavy atom. The monoisotopic (exact) mass is 278 g/mol. The van der Waals surface area contributed by atoms with E-state index in [1.54, 1.807) is 0 Å². The summed E-state index contributed by atoms with van der Waals surface area (Å²) in [5, 5.41) is 0. The molecular weight excluding hydrogens is 256 g/mol. The van der Waals surface area contributed by atoms with E-state index in [-0.39, 0.29) is 0 Å². The number of rotatable bonds is 5. The Kier molecular flexibility index (Phi) is 4.10. The molecule has 2 aromatic carbocycles. The highest BCUT2D eigenvalue weighted by Gasteiger charge is 2.18. The summed E-state index contributed by atoms with van der Waals surface area (Å²) >= 11 is 0. The largest absolute Gasteiger partial charge is 0.494 e. The van der Waals surface area contributed by atoms with Crippen molar-refractivity contribution in [2.24, 2.45) is 0 Å². The first-order valence-electron chi connectivity index (χ1n) is 7.84. The summed E-state index contributed by atoms with van der Waals surface area (Å²) in [6.07, 6.45) is 6.72. The Hall–Kier alpha value is -2.02. The smallest absolute Gasteiger partial charge is 0.119 e. The number of benzene rings is 2. The van der Waals surface area contributed by atoms with Gasteiger partial charge in [0.15, 0.2) is 0 Å². The SMILES string of the molecule is CCOc1ccc(C(CC)c2cccc3c2C=CC3)cc1. The fourth-order valence-electron chi connectivity index (χ4n) is 3.22. The zero-order chi connectivity index (χ0) is 14.7. The number of allylic oxidation sites excluding steroid dienone is 1. The van der Waals surface area contributed by atoms with E-state index in [4.69, 9.17) is 4.74 Å². The van der Waals surface area contributed by atoms with Crippen molar-refractivity contribution in [3.05, 3.63) is 70.8 Å². The molecule has 0 bridgehead atoms. The van der Waals surface area contributed by atoms with Gasteiger partial charge in [0.05, 0.1) is 6.61 Å². The third-order valence-electron chi connectivity index (χ3n) is 4.23. The van der Waals surface area contributed by atoms with Crippen LogP contribution in [0.3, 0.4) is 0 Å². The third kappa shape index (κ3) is 2.73. The van der Waals surface area contributed by atoms with Crippen LogP contribution in [-0.4, -0.2) is 6.61 Å². The Labute approximate surface area is 127 Å². The zero-order valence-corrected chi connectivity index (χ0v) is 12.8. The van der Waals surface area contributed by atoms with Gasteiger partial charge in [0.1, 0.15) is 5.75 Å². The van der Waals surface area contributed by atoms with Gasteiger partial charge in [0.2, 0.25) is 0 Å². The zero-order valence-electron chi connectivity index (χ0n) is 12.8. The lowest BCUT2D eigenvalue weighted by Gasteiger charge is -2.19. The molecule has 1 unspecified atom stereocenters. The van der Waals surface area contributed by atoms with Gasteiger partial charge in [-0.15, -0.1) is 0 Å². The van der Waals surface area contributed by atoms with Gasteiger partial charge in [-0.1, -0.05) is 49.4 Å². The fourth-order valence-corrected chi connectivity index (χ4v) is 3.22. The molecule has 1 aliphatic carbocycles. The molecule has 0 saturated carbocycles. The highest BCUT2D eigenvalue weighted by atomic mass is 16.5. The molecule has 3 rings (SSSR count). The number of hydrogen-bond donors (Lipinski definition) is 0. The predicted molar refractivity (Wildman–Crippen MR) is 88.9 cm³/mol. The van der Waals surface area contributed by atoms with Gasteiger partial charge in [0.25, 0.3) is 0 Å². The maximum absolute atomic E-state index is 5.54. The summed E-state index contributed by atoms with van der Waals surface area (Å²) in [4.78, 5) is 0. The Bertz CT molecular complexity index is 637. The minimum absolute atomic E-state index is 0.457. The van der Waals surface area contributed by atoms with Gasteiger partial charge in [-0.2, -0.15) is 0 Å². The molecule has 21 heavy (non-hydrogen) atoms. The molecule has 1 aliphatic rings. The van der Waals surface area contributed by atoms with Crippen LogP contribution < -0.4 is 4.74 Å². The van der Waals surface area contributed by atoms with Crippen LogP contribution in [0.1, 0.15) is 48.4 Å². The molecule has 1 heteroatoms. The Balaban J connectivity index is 1.95. The number of ether oxygens (including phenoxy) is 1. The summed E-state index contributed by atoms with van der Waals surface area (Å²) in [5.41, 5.74) is 5.71. The quantitative estimate of drug-likeness (QED) is 0.730. The molecule has 0 radical (unpaired) electrons. The molecule has 0 spiro atoms. The first-order valence-corrected chi connectivity index (χ1v) is 7.84. The van der Waals surface area contributed by atoms with E-state index in [1.807, 2.05) is 6.92 Å². The van der Waals surface area contributed by atoms with Crippen molar-refractivity contribution in [3.63, 3.8) is 0 Å². The van der Waals surface area contributed by atoms with E-state index < -0.39 is 0 Å². The second-order valence-electron chi connectivity index (χ2n) is 5.49. The van der Waals surface area contributed by atoms with Crippen molar-refractivity contribution in [1.82, 2.24) is 0 Å². The lowest BCUT2D eigenvalue weighted by molar-refractivity contribution is 0.340. The summed E-state index contributed by atoms with van der Waals surface area (Å²) in [5.74, 6) is 1.41. The van der Waals surface area contributed by atoms with E-state index in [2.05, 4.69) is 61.5 Å². The summed E-state index contributed by atoms with van der Waals surface area (Å²) < 4.78 is 5.54. The summed E-state index contributed by atoms with van der Waals surface area (Å²) in [7, 11) is 0. The van der Waals surface area contributed by atoms with Gasteiger partial charge in [-0.25, -0.2) is 0 Å². The van der Waals surface area contributed by atoms with Crippen molar-refractivity contribution < 1.29 is 4.74 Å². The predicted octanol–water partition coefficient (Wildman–Crippen LogP) is 5.20. The van der Waals surface area contributed by atoms with Gasteiger partial charge < -0.3 is 4.74 Å². The van der Waals surface area contributed by atoms with E-state index in [1.165, 1.54) is 22.3 Å². The minimum atomic E-state index is 0.457. The van der Waals surface area contributed by atoms with Gasteiger partial charge in [0, 0.05) is 5.92 Å². The second-order valence-corrected chi connectivity index (χ2v) is 5.49. The van der Waals surface area contributed by atoms with Crippen LogP contribution in [0, 0.1) is 0 Å². The molecule has 2 aromatic rings. The van der Waals surface area contributed by atoms with E-state index in [9.17, 15) is 0 Å². The maximum atomic E-state index is 5.54. The first-order chi connectivity index (χ1) is 10.3. The average molecular weight is 278 g/mol. The van der Waals surface area contributed by atoms with Crippen LogP contribution in [0.5, 0.6) is 5.75 Å². The van der Waals surface area contributed by atoms with Crippen LogP contribution in [0.25, 0.3) is 6.08 Å². The van der Waals surface area contributed by atoms with Crippen molar-refractivity contribution >= 4 is 6.08 Å². The lowest BCUT2D eigenvalue weighted by Crippen LogP contribution is -2.03. The van der Waals surface area contributed by atoms with Crippen LogP contribution in [-0.2, 0) is 6.42 Å². The van der Waals surface area contributed by atoms with Crippen LogP contribution in [0.15, 0.2) is 48.5 Å². The molecule has 108 valence electrons. The van der Waals surface area contributed by atoms with E-state index in [0.717, 1.165) is 18.6 Å². The number of fused-ring (bicyclic) bond motifs is 1. The second kappa shape index (κ2) is 6.17. The number of hydrogen-bond acceptors (Lipinski definition) is 1. The van der Waals surface area contributed by atoms with Crippen molar-refractivity contribution in [2.45, 2.75) is 32.6 Å². The Morgan fingerprint density at radius 1 is 1.05 bits per heavy atom. The highest BCUT2D eigenvalue weighted by molar-refractivity contribution is 5.65. The minimum Gasteiger partial charge on any atom is -0.494 e. The van der Waals surface area contributed by atoms with E-state index >= 15 is 0 Å². The summed E-state index contributed by atoms with van der Waals surface area (Å²) in [6, 6.07) is 15.3. The molecule has 0 fully saturated rings. The van der Waals surface area contributed by atoms with Crippen LogP contribution in [0.4, 0.5) is 0 Å². The van der Waals surface area contributed by atoms with Crippen molar-refractivity contribution in [2.75, 3.05) is 6.61 Å². The van der Waals surface area contributed by atoms with Crippen molar-refractivity contribution in [1.29, 1.82) is 0 Å². The lowest BCUT2D eigenvalue weighted by atomic mass is 9.85. The first kappa shape index (κ1) is 13.9. The fraction of sp³-hybridized carbons (Fsp3) is 0.300. The molecule has 0 saturated heterocycles. The highest BCUT2D eigenvalue weighted by Crippen LogP contribution is 2.35. The van der Waals surface area contributed by atoms with Gasteiger partial charge in [-0.05, 0) is 54.2 Å². The molecule has 0 N–H and O–H groups in total. The van der Waals surface area contributed by atoms with Crippen molar-refractivity contribution in [3.8, 4) is 5.75 Å². The Morgan fingerprint density at radius 2 is 1.86 bits per heavy atom. The maximum Gasteiger partial charge on any atom is 0.119 e. The summed E-state index contributed by atoms with van der Waals surface area (Å²) in [6.45, 7) is 5.00. The van der Waals surface area contributed by atoms with Gasteiger partial charge in [-0.3, -0.25) is 0 Å². The molecule has 1 atom stereocenters. The molecule has 0 aromatic heterocycles. The molecule has 1 nitrogen and oxygen atoms in total. The topological polar surface area (TPSA) is 9.23 Å². The normalized spacial score (nSPS) is 14.0. The van der Waals surface area contributed by atoms with Gasteiger partial charge >= 0.3 is 0 Å². The average Bonchev–Trinajstić information content (AvgIpc) is 2.99. The molecular formula is C20H22O. The molecule has 0 heterocycles. The van der Waals surface area contributed by atoms with E-state index in [0.29, 0.717) is 12.5 Å².